The average molecular weight is 408 g/mol. The zero-order valence-electron chi connectivity index (χ0n) is 16.9. The van der Waals surface area contributed by atoms with Gasteiger partial charge in [0.2, 0.25) is 5.91 Å². The van der Waals surface area contributed by atoms with Crippen LogP contribution < -0.4 is 10.9 Å². The van der Waals surface area contributed by atoms with Crippen LogP contribution in [0, 0.1) is 5.92 Å². The second kappa shape index (κ2) is 9.30. The second-order valence-electron chi connectivity index (χ2n) is 7.59. The number of nitrogens with one attached hydrogen (secondary N) is 1. The fourth-order valence-corrected chi connectivity index (χ4v) is 3.29. The smallest absolute Gasteiger partial charge is 0.326 e. The van der Waals surface area contributed by atoms with Gasteiger partial charge in [-0.2, -0.15) is 4.68 Å². The van der Waals surface area contributed by atoms with Gasteiger partial charge in [-0.1, -0.05) is 61.5 Å². The fourth-order valence-electron chi connectivity index (χ4n) is 3.29. The summed E-state index contributed by atoms with van der Waals surface area (Å²) in [4.78, 5) is 37.8. The van der Waals surface area contributed by atoms with E-state index < -0.39 is 29.5 Å². The van der Waals surface area contributed by atoms with Crippen molar-refractivity contribution < 1.29 is 14.7 Å². The molecule has 2 atom stereocenters. The molecule has 0 fully saturated rings. The van der Waals surface area contributed by atoms with Crippen molar-refractivity contribution in [2.75, 3.05) is 0 Å². The second-order valence-corrected chi connectivity index (χ2v) is 7.59. The highest BCUT2D eigenvalue weighted by atomic mass is 16.4. The third-order valence-electron chi connectivity index (χ3n) is 4.78. The summed E-state index contributed by atoms with van der Waals surface area (Å²) >= 11 is 0. The highest BCUT2D eigenvalue weighted by molar-refractivity contribution is 5.86. The van der Waals surface area contributed by atoms with E-state index in [2.05, 4.69) is 15.6 Å². The normalized spacial score (nSPS) is 13.2. The molecule has 3 rings (SSSR count). The molecule has 1 heterocycles. The lowest BCUT2D eigenvalue weighted by molar-refractivity contribution is -0.142. The summed E-state index contributed by atoms with van der Waals surface area (Å²) in [6.45, 7) is 3.83. The molecular weight excluding hydrogens is 384 g/mol. The minimum absolute atomic E-state index is 0.0679. The monoisotopic (exact) mass is 408 g/mol. The predicted molar refractivity (Wildman–Crippen MR) is 112 cm³/mol. The molecule has 0 bridgehead atoms. The van der Waals surface area contributed by atoms with Crippen molar-refractivity contribution in [2.45, 2.75) is 38.8 Å². The molecule has 0 saturated heterocycles. The van der Waals surface area contributed by atoms with Crippen molar-refractivity contribution in [3.63, 3.8) is 0 Å². The zero-order valence-corrected chi connectivity index (χ0v) is 16.9. The van der Waals surface area contributed by atoms with Crippen molar-refractivity contribution in [2.24, 2.45) is 5.92 Å². The Balaban J connectivity index is 1.91. The number of aromatic nitrogens is 3. The number of carbonyl (C=O) groups is 2. The minimum atomic E-state index is -1.15. The summed E-state index contributed by atoms with van der Waals surface area (Å²) in [5, 5.41) is 20.5. The molecular formula is C22H24N4O4. The summed E-state index contributed by atoms with van der Waals surface area (Å²) in [5.74, 6) is -1.65. The van der Waals surface area contributed by atoms with Gasteiger partial charge in [-0.05, 0) is 30.0 Å². The van der Waals surface area contributed by atoms with Gasteiger partial charge < -0.3 is 10.4 Å². The zero-order chi connectivity index (χ0) is 21.7. The van der Waals surface area contributed by atoms with Gasteiger partial charge in [-0.25, -0.2) is 4.79 Å². The van der Waals surface area contributed by atoms with E-state index in [0.29, 0.717) is 17.3 Å². The van der Waals surface area contributed by atoms with Gasteiger partial charge in [0, 0.05) is 6.42 Å². The van der Waals surface area contributed by atoms with E-state index in [-0.39, 0.29) is 12.3 Å². The third kappa shape index (κ3) is 4.89. The molecule has 0 aliphatic rings. The van der Waals surface area contributed by atoms with Gasteiger partial charge in [0.15, 0.2) is 0 Å². The van der Waals surface area contributed by atoms with Crippen LogP contribution in [0.3, 0.4) is 0 Å². The highest BCUT2D eigenvalue weighted by Gasteiger charge is 2.29. The molecule has 156 valence electrons. The van der Waals surface area contributed by atoms with E-state index in [4.69, 9.17) is 0 Å². The number of hydrogen-bond acceptors (Lipinski definition) is 5. The molecule has 1 amide bonds. The van der Waals surface area contributed by atoms with Crippen molar-refractivity contribution in [3.8, 4) is 0 Å². The predicted octanol–water partition coefficient (Wildman–Crippen LogP) is 2.19. The molecule has 1 aromatic heterocycles. The van der Waals surface area contributed by atoms with E-state index in [9.17, 15) is 19.5 Å². The third-order valence-corrected chi connectivity index (χ3v) is 4.78. The molecule has 30 heavy (non-hydrogen) atoms. The Morgan fingerprint density at radius 2 is 1.73 bits per heavy atom. The number of carboxylic acids is 1. The summed E-state index contributed by atoms with van der Waals surface area (Å²) in [6.07, 6.45) is 0.449. The first-order chi connectivity index (χ1) is 14.4. The molecule has 2 aromatic carbocycles. The van der Waals surface area contributed by atoms with Gasteiger partial charge in [-0.15, -0.1) is 5.10 Å². The number of hydrogen-bond donors (Lipinski definition) is 2. The summed E-state index contributed by atoms with van der Waals surface area (Å²) in [7, 11) is 0. The number of carboxylic acid groups (broad SMARTS) is 1. The maximum absolute atomic E-state index is 13.1. The van der Waals surface area contributed by atoms with Crippen LogP contribution in [0.25, 0.3) is 10.9 Å². The minimum Gasteiger partial charge on any atom is -0.480 e. The largest absolute Gasteiger partial charge is 0.480 e. The van der Waals surface area contributed by atoms with E-state index >= 15 is 0 Å². The fraction of sp³-hybridized carbons (Fsp3) is 0.318. The van der Waals surface area contributed by atoms with E-state index in [1.165, 1.54) is 0 Å². The molecule has 0 aliphatic carbocycles. The first kappa shape index (κ1) is 21.2. The lowest BCUT2D eigenvalue weighted by atomic mass is 10.0. The van der Waals surface area contributed by atoms with Crippen LogP contribution in [-0.2, 0) is 16.0 Å². The standard InChI is InChI=1S/C22H24N4O4/c1-14(2)12-19(26-21(28)16-10-6-7-11-17(16)24-25-26)20(27)23-18(22(29)30)13-15-8-4-3-5-9-15/h3-11,14,18-19H,12-13H2,1-2H3,(H,23,27)(H,29,30)/t18-,19-/m0/s1. The molecule has 3 aromatic rings. The topological polar surface area (TPSA) is 114 Å². The maximum atomic E-state index is 13.1. The highest BCUT2D eigenvalue weighted by Crippen LogP contribution is 2.17. The maximum Gasteiger partial charge on any atom is 0.326 e. The number of benzene rings is 2. The van der Waals surface area contributed by atoms with Gasteiger partial charge in [-0.3, -0.25) is 9.59 Å². The number of rotatable bonds is 8. The van der Waals surface area contributed by atoms with Crippen LogP contribution >= 0.6 is 0 Å². The van der Waals surface area contributed by atoms with Crippen molar-refractivity contribution >= 4 is 22.8 Å². The van der Waals surface area contributed by atoms with E-state index in [0.717, 1.165) is 10.2 Å². The quantitative estimate of drug-likeness (QED) is 0.591. The Kier molecular flexibility index (Phi) is 6.56. The van der Waals surface area contributed by atoms with Crippen LogP contribution in [0.15, 0.2) is 59.4 Å². The van der Waals surface area contributed by atoms with Crippen molar-refractivity contribution in [3.05, 3.63) is 70.5 Å². The van der Waals surface area contributed by atoms with Crippen LogP contribution in [0.1, 0.15) is 31.9 Å². The molecule has 0 radical (unpaired) electrons. The van der Waals surface area contributed by atoms with Gasteiger partial charge in [0.25, 0.3) is 5.56 Å². The number of amides is 1. The van der Waals surface area contributed by atoms with Gasteiger partial charge in [0.05, 0.1) is 5.39 Å². The SMILES string of the molecule is CC(C)C[C@@H](C(=O)N[C@@H](Cc1ccccc1)C(=O)O)n1nnc2ccccc2c1=O. The van der Waals surface area contributed by atoms with E-state index in [1.54, 1.807) is 36.4 Å². The van der Waals surface area contributed by atoms with Crippen molar-refractivity contribution in [1.82, 2.24) is 20.3 Å². The molecule has 0 spiro atoms. The molecule has 8 heteroatoms. The number of fused-ring (bicyclic) bond motifs is 1. The first-order valence-corrected chi connectivity index (χ1v) is 9.78. The summed E-state index contributed by atoms with van der Waals surface area (Å²) < 4.78 is 1.05. The van der Waals surface area contributed by atoms with E-state index in [1.807, 2.05) is 32.0 Å². The Morgan fingerprint density at radius 1 is 1.07 bits per heavy atom. The van der Waals surface area contributed by atoms with Gasteiger partial charge in [0.1, 0.15) is 17.6 Å². The Morgan fingerprint density at radius 3 is 2.40 bits per heavy atom. The number of aliphatic carboxylic acids is 1. The Hall–Kier alpha value is -3.55. The molecule has 0 aliphatic heterocycles. The van der Waals surface area contributed by atoms with Gasteiger partial charge >= 0.3 is 5.97 Å². The van der Waals surface area contributed by atoms with Crippen LogP contribution in [0.2, 0.25) is 0 Å². The van der Waals surface area contributed by atoms with Crippen molar-refractivity contribution in [1.29, 1.82) is 0 Å². The number of nitrogens with zero attached hydrogens (tertiary/aromatic N) is 3. The summed E-state index contributed by atoms with van der Waals surface area (Å²) in [6, 6.07) is 13.7. The lowest BCUT2D eigenvalue weighted by Crippen LogP contribution is -2.47. The molecule has 0 saturated carbocycles. The molecule has 0 unspecified atom stereocenters. The molecule has 2 N–H and O–H groups in total. The Bertz CT molecular complexity index is 1090. The number of carbonyl (C=O) groups excluding carboxylic acids is 1. The lowest BCUT2D eigenvalue weighted by Gasteiger charge is -2.22. The summed E-state index contributed by atoms with van der Waals surface area (Å²) in [5.41, 5.74) is 0.791. The van der Waals surface area contributed by atoms with Crippen LogP contribution in [0.4, 0.5) is 0 Å². The first-order valence-electron chi connectivity index (χ1n) is 9.78. The van der Waals surface area contributed by atoms with Crippen LogP contribution in [-0.4, -0.2) is 38.0 Å². The van der Waals surface area contributed by atoms with Crippen LogP contribution in [0.5, 0.6) is 0 Å². The Labute approximate surface area is 173 Å². The average Bonchev–Trinajstić information content (AvgIpc) is 2.73. The molecule has 8 nitrogen and oxygen atoms in total.